The Bertz CT molecular complexity index is 149. The molecule has 0 rings (SSSR count). The fourth-order valence-corrected chi connectivity index (χ4v) is 5.77. The van der Waals surface area contributed by atoms with E-state index < -0.39 is 20.0 Å². The number of rotatable bonds is 12. The number of hydrogen-bond donors (Lipinski definition) is 0. The van der Waals surface area contributed by atoms with Crippen LogP contribution in [0.1, 0.15) is 52.4 Å². The Hall–Kier alpha value is 0.639. The van der Waals surface area contributed by atoms with E-state index in [0.717, 1.165) is 12.8 Å². The molecule has 0 N–H and O–H groups in total. The molecule has 0 atom stereocenters. The Morgan fingerprint density at radius 2 is 1.12 bits per heavy atom. The Labute approximate surface area is 112 Å². The van der Waals surface area contributed by atoms with E-state index in [0.29, 0.717) is 13.2 Å². The standard InChI is InChI=1S/2C5H11O.2CH3O.Sn/c2*1-2-3-4-5-6;2*1-2;/h2*2-5H2,1H3;2*1H3;/q4*-1;+4. The van der Waals surface area contributed by atoms with Gasteiger partial charge >= 0.3 is 112 Å². The van der Waals surface area contributed by atoms with Crippen molar-refractivity contribution in [2.75, 3.05) is 27.4 Å². The maximum atomic E-state index is 5.75. The number of unbranched alkanes of at least 4 members (excludes halogenated alkanes) is 4. The van der Waals surface area contributed by atoms with Crippen LogP contribution in [0.3, 0.4) is 0 Å². The first kappa shape index (κ1) is 17.6. The third-order valence-corrected chi connectivity index (χ3v) is 8.59. The van der Waals surface area contributed by atoms with Gasteiger partial charge in [-0.05, 0) is 0 Å². The van der Waals surface area contributed by atoms with Crippen LogP contribution in [0.2, 0.25) is 0 Å². The zero-order chi connectivity index (χ0) is 13.0. The van der Waals surface area contributed by atoms with Crippen LogP contribution in [0.15, 0.2) is 0 Å². The van der Waals surface area contributed by atoms with Crippen molar-refractivity contribution in [3.63, 3.8) is 0 Å². The van der Waals surface area contributed by atoms with Crippen LogP contribution in [0, 0.1) is 0 Å². The van der Waals surface area contributed by atoms with Gasteiger partial charge in [0.25, 0.3) is 0 Å². The second kappa shape index (κ2) is 11.7. The molecule has 0 aliphatic carbocycles. The minimum absolute atomic E-state index is 0.680. The molecule has 0 aromatic heterocycles. The molecule has 0 spiro atoms. The Morgan fingerprint density at radius 3 is 1.41 bits per heavy atom. The zero-order valence-electron chi connectivity index (χ0n) is 11.8. The van der Waals surface area contributed by atoms with Gasteiger partial charge in [-0.3, -0.25) is 0 Å². The summed E-state index contributed by atoms with van der Waals surface area (Å²) in [4.78, 5) is 0. The van der Waals surface area contributed by atoms with Gasteiger partial charge in [0.05, 0.1) is 0 Å². The van der Waals surface area contributed by atoms with Gasteiger partial charge in [-0.25, -0.2) is 0 Å². The molecule has 0 unspecified atom stereocenters. The van der Waals surface area contributed by atoms with Crippen molar-refractivity contribution in [3.05, 3.63) is 0 Å². The molecule has 0 aromatic carbocycles. The van der Waals surface area contributed by atoms with E-state index >= 15 is 0 Å². The molecular formula is C12H28O4Sn. The van der Waals surface area contributed by atoms with Crippen molar-refractivity contribution in [1.82, 2.24) is 0 Å². The average Bonchev–Trinajstić information content (AvgIpc) is 2.37. The molecule has 0 bridgehead atoms. The summed E-state index contributed by atoms with van der Waals surface area (Å²) in [6, 6.07) is 0. The van der Waals surface area contributed by atoms with E-state index in [-0.39, 0.29) is 0 Å². The molecule has 0 aromatic rings. The summed E-state index contributed by atoms with van der Waals surface area (Å²) in [6.45, 7) is 5.70. The van der Waals surface area contributed by atoms with E-state index in [9.17, 15) is 0 Å². The first-order valence-corrected chi connectivity index (χ1v) is 11.3. The van der Waals surface area contributed by atoms with Crippen molar-refractivity contribution >= 4 is 20.0 Å². The molecule has 0 saturated carbocycles. The fraction of sp³-hybridized carbons (Fsp3) is 1.00. The molecule has 4 nitrogen and oxygen atoms in total. The first-order valence-electron chi connectivity index (χ1n) is 6.62. The van der Waals surface area contributed by atoms with E-state index in [1.165, 1.54) is 25.7 Å². The van der Waals surface area contributed by atoms with Gasteiger partial charge in [0, 0.05) is 0 Å². The molecular weight excluding hydrogens is 327 g/mol. The maximum absolute atomic E-state index is 5.75. The predicted octanol–water partition coefficient (Wildman–Crippen LogP) is 3.13. The molecule has 5 heteroatoms. The van der Waals surface area contributed by atoms with Crippen LogP contribution in [-0.4, -0.2) is 47.5 Å². The normalized spacial score (nSPS) is 12.0. The summed E-state index contributed by atoms with van der Waals surface area (Å²) in [6.07, 6.45) is 6.79. The molecule has 104 valence electrons. The molecule has 0 aliphatic rings. The van der Waals surface area contributed by atoms with Crippen LogP contribution < -0.4 is 0 Å². The van der Waals surface area contributed by atoms with Crippen LogP contribution in [0.4, 0.5) is 0 Å². The topological polar surface area (TPSA) is 36.9 Å². The third-order valence-electron chi connectivity index (χ3n) is 2.55. The minimum atomic E-state index is -3.62. The summed E-state index contributed by atoms with van der Waals surface area (Å²) in [5.41, 5.74) is 0. The van der Waals surface area contributed by atoms with Gasteiger partial charge in [0.15, 0.2) is 0 Å². The Balaban J connectivity index is 3.88. The van der Waals surface area contributed by atoms with E-state index in [4.69, 9.17) is 12.3 Å². The zero-order valence-corrected chi connectivity index (χ0v) is 14.6. The monoisotopic (exact) mass is 356 g/mol. The van der Waals surface area contributed by atoms with Crippen molar-refractivity contribution in [2.24, 2.45) is 0 Å². The number of hydrogen-bond acceptors (Lipinski definition) is 4. The van der Waals surface area contributed by atoms with E-state index in [2.05, 4.69) is 13.8 Å². The second-order valence-corrected chi connectivity index (χ2v) is 10.9. The molecule has 0 aliphatic heterocycles. The summed E-state index contributed by atoms with van der Waals surface area (Å²) >= 11 is -3.62. The van der Waals surface area contributed by atoms with Gasteiger partial charge < -0.3 is 0 Å². The van der Waals surface area contributed by atoms with Crippen molar-refractivity contribution in [2.45, 2.75) is 52.4 Å². The molecule has 0 fully saturated rings. The first-order chi connectivity index (χ1) is 8.24. The predicted molar refractivity (Wildman–Crippen MR) is 70.7 cm³/mol. The molecule has 0 radical (unpaired) electrons. The summed E-state index contributed by atoms with van der Waals surface area (Å²) < 4.78 is 22.3. The fourth-order valence-electron chi connectivity index (χ4n) is 1.46. The second-order valence-electron chi connectivity index (χ2n) is 4.02. The Kier molecular flexibility index (Phi) is 12.2. The quantitative estimate of drug-likeness (QED) is 0.398. The van der Waals surface area contributed by atoms with Crippen LogP contribution in [-0.2, 0) is 12.3 Å². The molecule has 0 saturated heterocycles. The van der Waals surface area contributed by atoms with Crippen molar-refractivity contribution in [1.29, 1.82) is 0 Å². The van der Waals surface area contributed by atoms with Crippen LogP contribution in [0.5, 0.6) is 0 Å². The van der Waals surface area contributed by atoms with Crippen LogP contribution in [0.25, 0.3) is 0 Å². The molecule has 17 heavy (non-hydrogen) atoms. The van der Waals surface area contributed by atoms with Gasteiger partial charge in [-0.15, -0.1) is 0 Å². The van der Waals surface area contributed by atoms with Crippen molar-refractivity contribution < 1.29 is 12.3 Å². The van der Waals surface area contributed by atoms with Gasteiger partial charge in [0.2, 0.25) is 0 Å². The average molecular weight is 355 g/mol. The summed E-state index contributed by atoms with van der Waals surface area (Å²) in [5, 5.41) is 0. The van der Waals surface area contributed by atoms with Gasteiger partial charge in [0.1, 0.15) is 0 Å². The molecule has 0 amide bonds. The van der Waals surface area contributed by atoms with E-state index in [1.807, 2.05) is 0 Å². The summed E-state index contributed by atoms with van der Waals surface area (Å²) in [5.74, 6) is 0. The Morgan fingerprint density at radius 1 is 0.706 bits per heavy atom. The third kappa shape index (κ3) is 8.37. The summed E-state index contributed by atoms with van der Waals surface area (Å²) in [7, 11) is 3.25. The SMILES string of the molecule is CCCCC[O][Sn]([O]C)([O]C)[O]CCCCC. The van der Waals surface area contributed by atoms with E-state index in [1.54, 1.807) is 14.2 Å². The van der Waals surface area contributed by atoms with Crippen LogP contribution >= 0.6 is 0 Å². The van der Waals surface area contributed by atoms with Crippen molar-refractivity contribution in [3.8, 4) is 0 Å². The van der Waals surface area contributed by atoms with Gasteiger partial charge in [-0.2, -0.15) is 0 Å². The molecule has 0 heterocycles. The van der Waals surface area contributed by atoms with Gasteiger partial charge in [-0.1, -0.05) is 0 Å².